The zero-order valence-corrected chi connectivity index (χ0v) is 13.9. The average Bonchev–Trinajstić information content (AvgIpc) is 2.55. The summed E-state index contributed by atoms with van der Waals surface area (Å²) in [6, 6.07) is 5.69. The van der Waals surface area contributed by atoms with Gasteiger partial charge in [-0.05, 0) is 57.2 Å². The quantitative estimate of drug-likeness (QED) is 0.848. The molecule has 0 atom stereocenters. The van der Waals surface area contributed by atoms with Crippen molar-refractivity contribution in [2.75, 3.05) is 13.1 Å². The zero-order valence-electron chi connectivity index (χ0n) is 13.2. The van der Waals surface area contributed by atoms with Crippen molar-refractivity contribution >= 4 is 28.4 Å². The van der Waals surface area contributed by atoms with Crippen molar-refractivity contribution in [3.8, 4) is 0 Å². The van der Waals surface area contributed by atoms with Gasteiger partial charge in [0.1, 0.15) is 0 Å². The standard InChI is InChI=1S/C18H21ClN2O/c1-3-21(4-2)18(22)12-9-10-14-16(11-12)20-15-8-6-5-7-13(15)17(14)19/h9-11H,3-8H2,1-2H3. The van der Waals surface area contributed by atoms with Crippen LogP contribution in [0, 0.1) is 0 Å². The van der Waals surface area contributed by atoms with Gasteiger partial charge < -0.3 is 4.90 Å². The molecule has 1 aliphatic carbocycles. The number of pyridine rings is 1. The third-order valence-electron chi connectivity index (χ3n) is 4.49. The molecule has 0 bridgehead atoms. The summed E-state index contributed by atoms with van der Waals surface area (Å²) < 4.78 is 0. The zero-order chi connectivity index (χ0) is 15.7. The second-order valence-corrected chi connectivity index (χ2v) is 6.15. The molecule has 0 radical (unpaired) electrons. The summed E-state index contributed by atoms with van der Waals surface area (Å²) >= 11 is 6.57. The van der Waals surface area contributed by atoms with Gasteiger partial charge in [-0.1, -0.05) is 17.7 Å². The Hall–Kier alpha value is -1.61. The van der Waals surface area contributed by atoms with Gasteiger partial charge in [-0.25, -0.2) is 0 Å². The van der Waals surface area contributed by atoms with Crippen molar-refractivity contribution in [3.05, 3.63) is 40.0 Å². The van der Waals surface area contributed by atoms with Crippen molar-refractivity contribution in [2.45, 2.75) is 39.5 Å². The van der Waals surface area contributed by atoms with E-state index in [1.54, 1.807) is 0 Å². The highest BCUT2D eigenvalue weighted by atomic mass is 35.5. The number of hydrogen-bond acceptors (Lipinski definition) is 2. The van der Waals surface area contributed by atoms with E-state index in [1.165, 1.54) is 18.4 Å². The highest BCUT2D eigenvalue weighted by Crippen LogP contribution is 2.33. The number of carbonyl (C=O) groups excluding carboxylic acids is 1. The van der Waals surface area contributed by atoms with Crippen LogP contribution in [0.25, 0.3) is 10.9 Å². The van der Waals surface area contributed by atoms with Crippen molar-refractivity contribution in [3.63, 3.8) is 0 Å². The minimum absolute atomic E-state index is 0.0579. The van der Waals surface area contributed by atoms with E-state index in [2.05, 4.69) is 0 Å². The first kappa shape index (κ1) is 15.3. The molecule has 1 aromatic heterocycles. The van der Waals surface area contributed by atoms with Gasteiger partial charge in [-0.2, -0.15) is 0 Å². The Morgan fingerprint density at radius 1 is 1.23 bits per heavy atom. The number of aromatic nitrogens is 1. The van der Waals surface area contributed by atoms with Gasteiger partial charge in [-0.15, -0.1) is 0 Å². The number of halogens is 1. The molecule has 0 unspecified atom stereocenters. The van der Waals surface area contributed by atoms with E-state index in [0.717, 1.165) is 34.5 Å². The van der Waals surface area contributed by atoms with Crippen LogP contribution in [0.15, 0.2) is 18.2 Å². The lowest BCUT2D eigenvalue weighted by Crippen LogP contribution is -2.30. The van der Waals surface area contributed by atoms with Crippen LogP contribution in [0.5, 0.6) is 0 Å². The van der Waals surface area contributed by atoms with Crippen molar-refractivity contribution in [1.29, 1.82) is 0 Å². The van der Waals surface area contributed by atoms with Gasteiger partial charge in [0, 0.05) is 29.7 Å². The van der Waals surface area contributed by atoms with Crippen LogP contribution in [0.3, 0.4) is 0 Å². The first-order valence-electron chi connectivity index (χ1n) is 8.06. The number of amides is 1. The molecule has 1 heterocycles. The third-order valence-corrected chi connectivity index (χ3v) is 4.92. The Bertz CT molecular complexity index is 723. The molecule has 0 fully saturated rings. The molecule has 0 saturated heterocycles. The van der Waals surface area contributed by atoms with Crippen LogP contribution in [-0.2, 0) is 12.8 Å². The normalized spacial score (nSPS) is 14.0. The van der Waals surface area contributed by atoms with Crippen LogP contribution in [0.2, 0.25) is 5.02 Å². The summed E-state index contributed by atoms with van der Waals surface area (Å²) in [5.74, 6) is 0.0579. The molecule has 0 aliphatic heterocycles. The molecule has 1 amide bonds. The monoisotopic (exact) mass is 316 g/mol. The number of aryl methyl sites for hydroxylation is 1. The molecule has 3 nitrogen and oxygen atoms in total. The topological polar surface area (TPSA) is 33.2 Å². The summed E-state index contributed by atoms with van der Waals surface area (Å²) in [6.45, 7) is 5.42. The molecule has 116 valence electrons. The van der Waals surface area contributed by atoms with Crippen molar-refractivity contribution in [1.82, 2.24) is 9.88 Å². The van der Waals surface area contributed by atoms with Crippen LogP contribution in [0.4, 0.5) is 0 Å². The Morgan fingerprint density at radius 3 is 2.68 bits per heavy atom. The van der Waals surface area contributed by atoms with Gasteiger partial charge in [0.05, 0.1) is 10.5 Å². The predicted molar refractivity (Wildman–Crippen MR) is 90.6 cm³/mol. The van der Waals surface area contributed by atoms with E-state index in [9.17, 15) is 4.79 Å². The smallest absolute Gasteiger partial charge is 0.253 e. The largest absolute Gasteiger partial charge is 0.339 e. The second-order valence-electron chi connectivity index (χ2n) is 5.77. The summed E-state index contributed by atoms with van der Waals surface area (Å²) in [5, 5.41) is 1.78. The van der Waals surface area contributed by atoms with E-state index < -0.39 is 0 Å². The first-order valence-corrected chi connectivity index (χ1v) is 8.43. The average molecular weight is 317 g/mol. The Balaban J connectivity index is 2.08. The molecule has 22 heavy (non-hydrogen) atoms. The second kappa shape index (κ2) is 6.25. The lowest BCUT2D eigenvalue weighted by atomic mass is 9.94. The molecular weight excluding hydrogens is 296 g/mol. The fraction of sp³-hybridized carbons (Fsp3) is 0.444. The van der Waals surface area contributed by atoms with E-state index in [0.29, 0.717) is 18.7 Å². The molecule has 3 rings (SSSR count). The fourth-order valence-corrected chi connectivity index (χ4v) is 3.56. The molecule has 0 N–H and O–H groups in total. The molecule has 0 saturated carbocycles. The molecule has 2 aromatic rings. The third kappa shape index (κ3) is 2.58. The lowest BCUT2D eigenvalue weighted by molar-refractivity contribution is 0.0773. The van der Waals surface area contributed by atoms with Gasteiger partial charge in [0.2, 0.25) is 0 Å². The maximum Gasteiger partial charge on any atom is 0.253 e. The molecule has 1 aromatic carbocycles. The van der Waals surface area contributed by atoms with E-state index in [1.807, 2.05) is 36.9 Å². The molecule has 4 heteroatoms. The summed E-state index contributed by atoms with van der Waals surface area (Å²) in [7, 11) is 0. The van der Waals surface area contributed by atoms with E-state index in [4.69, 9.17) is 16.6 Å². The maximum atomic E-state index is 12.5. The Morgan fingerprint density at radius 2 is 1.95 bits per heavy atom. The highest BCUT2D eigenvalue weighted by molar-refractivity contribution is 6.36. The van der Waals surface area contributed by atoms with Gasteiger partial charge in [-0.3, -0.25) is 9.78 Å². The minimum atomic E-state index is 0.0579. The van der Waals surface area contributed by atoms with Crippen LogP contribution in [0.1, 0.15) is 48.3 Å². The Kier molecular flexibility index (Phi) is 4.34. The van der Waals surface area contributed by atoms with E-state index in [-0.39, 0.29) is 5.91 Å². The molecular formula is C18H21ClN2O. The summed E-state index contributed by atoms with van der Waals surface area (Å²) in [4.78, 5) is 19.1. The van der Waals surface area contributed by atoms with Crippen molar-refractivity contribution in [2.24, 2.45) is 0 Å². The SMILES string of the molecule is CCN(CC)C(=O)c1ccc2c(Cl)c3c(nc2c1)CCCC3. The highest BCUT2D eigenvalue weighted by Gasteiger charge is 2.19. The van der Waals surface area contributed by atoms with Gasteiger partial charge in [0.15, 0.2) is 0 Å². The Labute approximate surface area is 136 Å². The first-order chi connectivity index (χ1) is 10.7. The van der Waals surface area contributed by atoms with Gasteiger partial charge in [0.25, 0.3) is 5.91 Å². The number of fused-ring (bicyclic) bond motifs is 2. The lowest BCUT2D eigenvalue weighted by Gasteiger charge is -2.20. The number of carbonyl (C=O) groups is 1. The number of nitrogens with zero attached hydrogens (tertiary/aromatic N) is 2. The predicted octanol–water partition coefficient (Wildman–Crippen LogP) is 4.25. The van der Waals surface area contributed by atoms with Crippen molar-refractivity contribution < 1.29 is 4.79 Å². The van der Waals surface area contributed by atoms with Crippen LogP contribution in [-0.4, -0.2) is 28.9 Å². The fourth-order valence-electron chi connectivity index (χ4n) is 3.19. The minimum Gasteiger partial charge on any atom is -0.339 e. The molecule has 0 spiro atoms. The maximum absolute atomic E-state index is 12.5. The van der Waals surface area contributed by atoms with Crippen LogP contribution < -0.4 is 0 Å². The number of hydrogen-bond donors (Lipinski definition) is 0. The molecule has 1 aliphatic rings. The summed E-state index contributed by atoms with van der Waals surface area (Å²) in [5.41, 5.74) is 3.83. The van der Waals surface area contributed by atoms with Crippen LogP contribution >= 0.6 is 11.6 Å². The van der Waals surface area contributed by atoms with Gasteiger partial charge >= 0.3 is 0 Å². The number of benzene rings is 1. The number of rotatable bonds is 3. The summed E-state index contributed by atoms with van der Waals surface area (Å²) in [6.07, 6.45) is 4.34. The van der Waals surface area contributed by atoms with E-state index >= 15 is 0 Å².